The number of hydrogen-bond acceptors (Lipinski definition) is 6. The summed E-state index contributed by atoms with van der Waals surface area (Å²) in [7, 11) is 0. The summed E-state index contributed by atoms with van der Waals surface area (Å²) in [5, 5.41) is 0. The van der Waals surface area contributed by atoms with Crippen LogP contribution in [-0.2, 0) is 9.59 Å². The van der Waals surface area contributed by atoms with E-state index in [1.807, 2.05) is 27.7 Å². The molecule has 0 saturated heterocycles. The molecule has 0 amide bonds. The van der Waals surface area contributed by atoms with E-state index >= 15 is 0 Å². The third kappa shape index (κ3) is 2.32. The number of rotatable bonds is 0. The Labute approximate surface area is 117 Å². The lowest BCUT2D eigenvalue weighted by atomic mass is 10.2. The van der Waals surface area contributed by atoms with Gasteiger partial charge in [0, 0.05) is 0 Å². The molecule has 0 fully saturated rings. The van der Waals surface area contributed by atoms with E-state index in [1.54, 1.807) is 0 Å². The molecule has 0 N–H and O–H groups in total. The van der Waals surface area contributed by atoms with Crippen LogP contribution in [0.5, 0.6) is 11.8 Å². The van der Waals surface area contributed by atoms with Crippen molar-refractivity contribution < 1.29 is 19.1 Å². The second-order valence-corrected chi connectivity index (χ2v) is 3.27. The van der Waals surface area contributed by atoms with Crippen molar-refractivity contribution in [1.82, 2.24) is 9.97 Å². The number of nitrogens with zero attached hydrogens (tertiary/aromatic N) is 2. The van der Waals surface area contributed by atoms with Crippen LogP contribution in [0.15, 0.2) is 13.2 Å². The van der Waals surface area contributed by atoms with Gasteiger partial charge in [-0.05, 0) is 0 Å². The molecule has 20 heavy (non-hydrogen) atoms. The molecule has 0 bridgehead atoms. The van der Waals surface area contributed by atoms with Gasteiger partial charge in [0.2, 0.25) is 0 Å². The van der Waals surface area contributed by atoms with Crippen molar-refractivity contribution in [3.8, 4) is 11.8 Å². The van der Waals surface area contributed by atoms with Crippen molar-refractivity contribution in [2.45, 2.75) is 27.7 Å². The smallest absolute Gasteiger partial charge is 0.346 e. The minimum Gasteiger partial charge on any atom is -0.401 e. The van der Waals surface area contributed by atoms with Crippen LogP contribution < -0.4 is 9.47 Å². The normalized spacial score (nSPS) is 14.2. The fourth-order valence-corrected chi connectivity index (χ4v) is 1.43. The van der Waals surface area contributed by atoms with Gasteiger partial charge in [-0.3, -0.25) is 0 Å². The maximum atomic E-state index is 11.2. The molecule has 6 nitrogen and oxygen atoms in total. The van der Waals surface area contributed by atoms with Crippen molar-refractivity contribution in [3.05, 3.63) is 24.5 Å². The van der Waals surface area contributed by atoms with Crippen LogP contribution in [0.2, 0.25) is 0 Å². The van der Waals surface area contributed by atoms with Gasteiger partial charge in [-0.15, -0.1) is 0 Å². The molecule has 6 heteroatoms. The Morgan fingerprint density at radius 3 is 1.35 bits per heavy atom. The van der Waals surface area contributed by atoms with Crippen molar-refractivity contribution >= 4 is 23.1 Å². The van der Waals surface area contributed by atoms with Gasteiger partial charge in [0.1, 0.15) is 11.4 Å². The third-order valence-electron chi connectivity index (χ3n) is 2.28. The second kappa shape index (κ2) is 6.10. The topological polar surface area (TPSA) is 78.4 Å². The summed E-state index contributed by atoms with van der Waals surface area (Å²) in [5.41, 5.74) is 0.593. The van der Waals surface area contributed by atoms with Crippen LogP contribution in [0.3, 0.4) is 0 Å². The number of ether oxygens (including phenoxy) is 2. The van der Waals surface area contributed by atoms with Crippen LogP contribution in [0.4, 0.5) is 0 Å². The summed E-state index contributed by atoms with van der Waals surface area (Å²) in [5.74, 6) is -1.13. The quantitative estimate of drug-likeness (QED) is 0.535. The number of esters is 2. The Bertz CT molecular complexity index is 552. The molecule has 1 aromatic rings. The molecule has 0 radical (unpaired) electrons. The molecule has 1 aromatic heterocycles. The SMILES string of the molecule is C=C1C(=O)Oc2nc3c(nc21)OC(=O)C3=C.CC.CC. The Morgan fingerprint density at radius 1 is 0.750 bits per heavy atom. The predicted molar refractivity (Wildman–Crippen MR) is 74.1 cm³/mol. The van der Waals surface area contributed by atoms with Gasteiger partial charge >= 0.3 is 11.9 Å². The van der Waals surface area contributed by atoms with Crippen LogP contribution in [0.1, 0.15) is 39.1 Å². The van der Waals surface area contributed by atoms with E-state index in [1.165, 1.54) is 0 Å². The molecule has 0 spiro atoms. The minimum atomic E-state index is -0.601. The van der Waals surface area contributed by atoms with Crippen molar-refractivity contribution in [2.75, 3.05) is 0 Å². The fraction of sp³-hybridized carbons (Fsp3) is 0.286. The van der Waals surface area contributed by atoms with Gasteiger partial charge in [0.15, 0.2) is 0 Å². The van der Waals surface area contributed by atoms with Crippen molar-refractivity contribution in [1.29, 1.82) is 0 Å². The monoisotopic (exact) mass is 276 g/mol. The molecule has 3 rings (SSSR count). The van der Waals surface area contributed by atoms with Crippen LogP contribution >= 0.6 is 0 Å². The summed E-state index contributed by atoms with van der Waals surface area (Å²) in [4.78, 5) is 30.3. The Hall–Kier alpha value is -2.50. The molecule has 0 aliphatic carbocycles. The summed E-state index contributed by atoms with van der Waals surface area (Å²) in [6.45, 7) is 15.0. The first-order valence-corrected chi connectivity index (χ1v) is 6.33. The Kier molecular flexibility index (Phi) is 4.74. The standard InChI is InChI=1S/C10H4N2O4.2C2H6/c1-3-5-7(15-9(3)13)12-6-4(2)10(14)16-8(6)11-5;2*1-2/h1-2H2;2*1-2H3. The molecule has 0 unspecified atom stereocenters. The van der Waals surface area contributed by atoms with E-state index in [0.717, 1.165) is 0 Å². The lowest BCUT2D eigenvalue weighted by Crippen LogP contribution is -2.01. The highest BCUT2D eigenvalue weighted by Gasteiger charge is 2.35. The first-order chi connectivity index (χ1) is 9.58. The number of carbonyl (C=O) groups is 2. The van der Waals surface area contributed by atoms with E-state index < -0.39 is 11.9 Å². The van der Waals surface area contributed by atoms with Crippen LogP contribution in [0.25, 0.3) is 11.1 Å². The molecule has 0 atom stereocenters. The molecule has 0 aromatic carbocycles. The summed E-state index contributed by atoms with van der Waals surface area (Å²) in [6.07, 6.45) is 0. The number of carbonyl (C=O) groups excluding carboxylic acids is 2. The molecular weight excluding hydrogens is 260 g/mol. The van der Waals surface area contributed by atoms with E-state index in [4.69, 9.17) is 9.47 Å². The van der Waals surface area contributed by atoms with Crippen molar-refractivity contribution in [3.63, 3.8) is 0 Å². The van der Waals surface area contributed by atoms with E-state index in [0.29, 0.717) is 0 Å². The van der Waals surface area contributed by atoms with Crippen LogP contribution in [0, 0.1) is 0 Å². The van der Waals surface area contributed by atoms with Gasteiger partial charge < -0.3 is 9.47 Å². The highest BCUT2D eigenvalue weighted by atomic mass is 16.6. The number of fused-ring (bicyclic) bond motifs is 2. The zero-order valence-electron chi connectivity index (χ0n) is 11.9. The first-order valence-electron chi connectivity index (χ1n) is 6.33. The maximum absolute atomic E-state index is 11.2. The van der Waals surface area contributed by atoms with E-state index in [-0.39, 0.29) is 34.3 Å². The van der Waals surface area contributed by atoms with E-state index in [2.05, 4.69) is 23.1 Å². The third-order valence-corrected chi connectivity index (χ3v) is 2.28. The van der Waals surface area contributed by atoms with Crippen LogP contribution in [-0.4, -0.2) is 21.9 Å². The average Bonchev–Trinajstić information content (AvgIpc) is 2.91. The van der Waals surface area contributed by atoms with Gasteiger partial charge in [0.25, 0.3) is 11.8 Å². The molecule has 2 aliphatic rings. The van der Waals surface area contributed by atoms with Gasteiger partial charge in [-0.2, -0.15) is 0 Å². The average molecular weight is 276 g/mol. The summed E-state index contributed by atoms with van der Waals surface area (Å²) < 4.78 is 9.62. The van der Waals surface area contributed by atoms with Gasteiger partial charge in [-0.1, -0.05) is 40.9 Å². The predicted octanol–water partition coefficient (Wildman–Crippen LogP) is 2.39. The highest BCUT2D eigenvalue weighted by molar-refractivity contribution is 6.21. The first kappa shape index (κ1) is 15.6. The highest BCUT2D eigenvalue weighted by Crippen LogP contribution is 2.37. The number of hydrogen-bond donors (Lipinski definition) is 0. The minimum absolute atomic E-state index is 0.0354. The summed E-state index contributed by atoms with van der Waals surface area (Å²) >= 11 is 0. The number of aromatic nitrogens is 2. The fourth-order valence-electron chi connectivity index (χ4n) is 1.43. The molecule has 2 aliphatic heterocycles. The Morgan fingerprint density at radius 2 is 1.05 bits per heavy atom. The summed E-state index contributed by atoms with van der Waals surface area (Å²) in [6, 6.07) is 0. The van der Waals surface area contributed by atoms with Gasteiger partial charge in [-0.25, -0.2) is 19.6 Å². The zero-order valence-corrected chi connectivity index (χ0v) is 11.9. The molecule has 106 valence electrons. The molecule has 3 heterocycles. The molecule has 0 saturated carbocycles. The maximum Gasteiger partial charge on any atom is 0.346 e. The largest absolute Gasteiger partial charge is 0.401 e. The molecular formula is C14H16N2O4. The second-order valence-electron chi connectivity index (χ2n) is 3.27. The van der Waals surface area contributed by atoms with E-state index in [9.17, 15) is 9.59 Å². The lowest BCUT2D eigenvalue weighted by molar-refractivity contribution is -0.128. The van der Waals surface area contributed by atoms with Crippen molar-refractivity contribution in [2.24, 2.45) is 0 Å². The lowest BCUT2D eigenvalue weighted by Gasteiger charge is -1.97. The van der Waals surface area contributed by atoms with Gasteiger partial charge in [0.05, 0.1) is 11.1 Å². The zero-order chi connectivity index (χ0) is 15.4. The Balaban J connectivity index is 0.000000461.